The SMILES string of the molecule is O=C(CC1CC1)N1CCN(c2cncnc2-c2ccccc2)CC1. The molecule has 0 radical (unpaired) electrons. The third kappa shape index (κ3) is 3.25. The van der Waals surface area contributed by atoms with Crippen molar-refractivity contribution in [3.05, 3.63) is 42.9 Å². The second kappa shape index (κ2) is 6.59. The Labute approximate surface area is 142 Å². The van der Waals surface area contributed by atoms with Crippen molar-refractivity contribution in [2.45, 2.75) is 19.3 Å². The summed E-state index contributed by atoms with van der Waals surface area (Å²) in [5, 5.41) is 0. The van der Waals surface area contributed by atoms with E-state index in [9.17, 15) is 4.79 Å². The number of piperazine rings is 1. The van der Waals surface area contributed by atoms with E-state index >= 15 is 0 Å². The maximum Gasteiger partial charge on any atom is 0.222 e. The molecule has 124 valence electrons. The molecule has 5 nitrogen and oxygen atoms in total. The van der Waals surface area contributed by atoms with Crippen molar-refractivity contribution in [1.82, 2.24) is 14.9 Å². The number of anilines is 1. The molecule has 1 saturated heterocycles. The number of amides is 1. The first-order valence-electron chi connectivity index (χ1n) is 8.69. The lowest BCUT2D eigenvalue weighted by Gasteiger charge is -2.36. The van der Waals surface area contributed by atoms with Gasteiger partial charge in [-0.25, -0.2) is 9.97 Å². The van der Waals surface area contributed by atoms with Crippen molar-refractivity contribution in [1.29, 1.82) is 0 Å². The summed E-state index contributed by atoms with van der Waals surface area (Å²) in [4.78, 5) is 25.3. The van der Waals surface area contributed by atoms with Gasteiger partial charge >= 0.3 is 0 Å². The molecular formula is C19H22N4O. The predicted molar refractivity (Wildman–Crippen MR) is 93.6 cm³/mol. The summed E-state index contributed by atoms with van der Waals surface area (Å²) in [6.07, 6.45) is 6.68. The molecule has 1 aliphatic carbocycles. The zero-order chi connectivity index (χ0) is 16.4. The lowest BCUT2D eigenvalue weighted by molar-refractivity contribution is -0.131. The Hall–Kier alpha value is -2.43. The lowest BCUT2D eigenvalue weighted by atomic mass is 10.1. The van der Waals surface area contributed by atoms with E-state index in [1.54, 1.807) is 6.33 Å². The largest absolute Gasteiger partial charge is 0.365 e. The van der Waals surface area contributed by atoms with Gasteiger partial charge in [-0.15, -0.1) is 0 Å². The van der Waals surface area contributed by atoms with Crippen molar-refractivity contribution in [3.63, 3.8) is 0 Å². The first-order chi connectivity index (χ1) is 11.8. The number of hydrogen-bond donors (Lipinski definition) is 0. The van der Waals surface area contributed by atoms with Gasteiger partial charge in [-0.2, -0.15) is 0 Å². The highest BCUT2D eigenvalue weighted by atomic mass is 16.2. The normalized spacial score (nSPS) is 17.8. The highest BCUT2D eigenvalue weighted by molar-refractivity contribution is 5.78. The molecule has 2 fully saturated rings. The maximum absolute atomic E-state index is 12.3. The van der Waals surface area contributed by atoms with Gasteiger partial charge in [-0.1, -0.05) is 30.3 Å². The molecule has 1 aliphatic heterocycles. The topological polar surface area (TPSA) is 49.3 Å². The molecule has 1 amide bonds. The Morgan fingerprint density at radius 1 is 1.08 bits per heavy atom. The summed E-state index contributed by atoms with van der Waals surface area (Å²) in [7, 11) is 0. The summed E-state index contributed by atoms with van der Waals surface area (Å²) >= 11 is 0. The van der Waals surface area contributed by atoms with Crippen LogP contribution in [0.25, 0.3) is 11.3 Å². The van der Waals surface area contributed by atoms with Crippen LogP contribution in [-0.2, 0) is 4.79 Å². The smallest absolute Gasteiger partial charge is 0.222 e. The van der Waals surface area contributed by atoms with Gasteiger partial charge in [0.1, 0.15) is 6.33 Å². The Kier molecular flexibility index (Phi) is 4.15. The number of benzene rings is 1. The molecule has 2 heterocycles. The molecule has 1 saturated carbocycles. The molecule has 4 rings (SSSR count). The Balaban J connectivity index is 1.47. The van der Waals surface area contributed by atoms with Gasteiger partial charge in [0.25, 0.3) is 0 Å². The summed E-state index contributed by atoms with van der Waals surface area (Å²) in [5.74, 6) is 0.979. The number of carbonyl (C=O) groups excluding carboxylic acids is 1. The third-order valence-corrected chi connectivity index (χ3v) is 4.87. The molecule has 0 bridgehead atoms. The molecule has 1 aromatic heterocycles. The van der Waals surface area contributed by atoms with E-state index in [0.29, 0.717) is 11.8 Å². The second-order valence-corrected chi connectivity index (χ2v) is 6.64. The Morgan fingerprint density at radius 2 is 1.83 bits per heavy atom. The fourth-order valence-corrected chi connectivity index (χ4v) is 3.27. The van der Waals surface area contributed by atoms with Gasteiger partial charge in [0, 0.05) is 38.2 Å². The first kappa shape index (κ1) is 15.1. The van der Waals surface area contributed by atoms with Crippen LogP contribution in [-0.4, -0.2) is 47.0 Å². The minimum absolute atomic E-state index is 0.324. The van der Waals surface area contributed by atoms with Gasteiger partial charge in [0.15, 0.2) is 0 Å². The number of hydrogen-bond acceptors (Lipinski definition) is 4. The quantitative estimate of drug-likeness (QED) is 0.868. The number of nitrogens with zero attached hydrogens (tertiary/aromatic N) is 4. The standard InChI is InChI=1S/C19H22N4O/c24-18(12-15-6-7-15)23-10-8-22(9-11-23)17-13-20-14-21-19(17)16-4-2-1-3-5-16/h1-5,13-15H,6-12H2. The average Bonchev–Trinajstić information content (AvgIpc) is 3.46. The van der Waals surface area contributed by atoms with E-state index in [1.807, 2.05) is 29.3 Å². The van der Waals surface area contributed by atoms with Crippen LogP contribution in [0.5, 0.6) is 0 Å². The Bertz CT molecular complexity index is 706. The minimum Gasteiger partial charge on any atom is -0.365 e. The van der Waals surface area contributed by atoms with Crippen molar-refractivity contribution in [2.24, 2.45) is 5.92 Å². The highest BCUT2D eigenvalue weighted by Crippen LogP contribution is 2.33. The van der Waals surface area contributed by atoms with E-state index in [2.05, 4.69) is 27.0 Å². The van der Waals surface area contributed by atoms with Crippen molar-refractivity contribution < 1.29 is 4.79 Å². The second-order valence-electron chi connectivity index (χ2n) is 6.64. The molecule has 2 aromatic rings. The van der Waals surface area contributed by atoms with Crippen LogP contribution in [0.3, 0.4) is 0 Å². The summed E-state index contributed by atoms with van der Waals surface area (Å²) in [6.45, 7) is 3.25. The van der Waals surface area contributed by atoms with Crippen LogP contribution in [0.2, 0.25) is 0 Å². The van der Waals surface area contributed by atoms with Crippen molar-refractivity contribution in [3.8, 4) is 11.3 Å². The van der Waals surface area contributed by atoms with E-state index in [-0.39, 0.29) is 0 Å². The van der Waals surface area contributed by atoms with E-state index in [1.165, 1.54) is 12.8 Å². The average molecular weight is 322 g/mol. The summed E-state index contributed by atoms with van der Waals surface area (Å²) < 4.78 is 0. The number of rotatable bonds is 4. The number of carbonyl (C=O) groups is 1. The molecule has 0 N–H and O–H groups in total. The molecule has 24 heavy (non-hydrogen) atoms. The number of aromatic nitrogens is 2. The third-order valence-electron chi connectivity index (χ3n) is 4.87. The van der Waals surface area contributed by atoms with Gasteiger partial charge in [-0.05, 0) is 18.8 Å². The molecule has 0 spiro atoms. The van der Waals surface area contributed by atoms with Crippen LogP contribution in [0.1, 0.15) is 19.3 Å². The van der Waals surface area contributed by atoms with Crippen LogP contribution in [0.15, 0.2) is 42.9 Å². The van der Waals surface area contributed by atoms with Gasteiger partial charge in [0.05, 0.1) is 17.6 Å². The van der Waals surface area contributed by atoms with Crippen LogP contribution >= 0.6 is 0 Å². The molecule has 5 heteroatoms. The molecule has 0 unspecified atom stereocenters. The summed E-state index contributed by atoms with van der Waals surface area (Å²) in [6, 6.07) is 10.2. The maximum atomic E-state index is 12.3. The van der Waals surface area contributed by atoms with Crippen LogP contribution in [0.4, 0.5) is 5.69 Å². The zero-order valence-electron chi connectivity index (χ0n) is 13.8. The predicted octanol–water partition coefficient (Wildman–Crippen LogP) is 2.59. The minimum atomic E-state index is 0.324. The van der Waals surface area contributed by atoms with Gasteiger partial charge < -0.3 is 9.80 Å². The monoisotopic (exact) mass is 322 g/mol. The zero-order valence-corrected chi connectivity index (χ0v) is 13.8. The summed E-state index contributed by atoms with van der Waals surface area (Å²) in [5.41, 5.74) is 3.11. The van der Waals surface area contributed by atoms with E-state index in [0.717, 1.165) is 49.5 Å². The van der Waals surface area contributed by atoms with Crippen LogP contribution in [0, 0.1) is 5.92 Å². The van der Waals surface area contributed by atoms with Crippen molar-refractivity contribution in [2.75, 3.05) is 31.1 Å². The Morgan fingerprint density at radius 3 is 2.54 bits per heavy atom. The fourth-order valence-electron chi connectivity index (χ4n) is 3.27. The fraction of sp³-hybridized carbons (Fsp3) is 0.421. The highest BCUT2D eigenvalue weighted by Gasteiger charge is 2.29. The van der Waals surface area contributed by atoms with Crippen LogP contribution < -0.4 is 4.90 Å². The lowest BCUT2D eigenvalue weighted by Crippen LogP contribution is -2.49. The van der Waals surface area contributed by atoms with Crippen molar-refractivity contribution >= 4 is 11.6 Å². The first-order valence-corrected chi connectivity index (χ1v) is 8.69. The molecular weight excluding hydrogens is 300 g/mol. The van der Waals surface area contributed by atoms with E-state index in [4.69, 9.17) is 0 Å². The molecule has 0 atom stereocenters. The van der Waals surface area contributed by atoms with E-state index < -0.39 is 0 Å². The van der Waals surface area contributed by atoms with Gasteiger partial charge in [-0.3, -0.25) is 4.79 Å². The van der Waals surface area contributed by atoms with Gasteiger partial charge in [0.2, 0.25) is 5.91 Å². The molecule has 2 aliphatic rings. The molecule has 1 aromatic carbocycles.